The van der Waals surface area contributed by atoms with Gasteiger partial charge >= 0.3 is 5.97 Å². The summed E-state index contributed by atoms with van der Waals surface area (Å²) in [5.74, 6) is 0.493. The van der Waals surface area contributed by atoms with Crippen molar-refractivity contribution in [3.63, 3.8) is 0 Å². The number of rotatable bonds is 7. The van der Waals surface area contributed by atoms with Crippen molar-refractivity contribution in [1.82, 2.24) is 10.2 Å². The van der Waals surface area contributed by atoms with E-state index in [-0.39, 0.29) is 36.7 Å². The van der Waals surface area contributed by atoms with Gasteiger partial charge in [0, 0.05) is 0 Å². The van der Waals surface area contributed by atoms with E-state index in [0.717, 1.165) is 11.1 Å². The van der Waals surface area contributed by atoms with Gasteiger partial charge in [0.15, 0.2) is 11.5 Å². The Labute approximate surface area is 183 Å². The molecule has 1 unspecified atom stereocenters. The molecule has 2 aromatic rings. The summed E-state index contributed by atoms with van der Waals surface area (Å²) >= 11 is 1.44. The predicted molar refractivity (Wildman–Crippen MR) is 114 cm³/mol. The van der Waals surface area contributed by atoms with Crippen LogP contribution in [0.5, 0.6) is 11.5 Å². The second-order valence-corrected chi connectivity index (χ2v) is 8.08. The molecule has 162 valence electrons. The minimum atomic E-state index is -0.539. The Kier molecular flexibility index (Phi) is 6.61. The van der Waals surface area contributed by atoms with Gasteiger partial charge in [-0.1, -0.05) is 36.4 Å². The highest BCUT2D eigenvalue weighted by Crippen LogP contribution is 2.41. The summed E-state index contributed by atoms with van der Waals surface area (Å²) in [5, 5.41) is 2.22. The third-order valence-electron chi connectivity index (χ3n) is 4.81. The zero-order valence-corrected chi connectivity index (χ0v) is 17.6. The maximum Gasteiger partial charge on any atom is 0.325 e. The zero-order valence-electron chi connectivity index (χ0n) is 16.7. The number of nitrogens with one attached hydrogen (secondary N) is 1. The van der Waals surface area contributed by atoms with Gasteiger partial charge in [-0.2, -0.15) is 0 Å². The molecule has 1 atom stereocenters. The number of ether oxygens (including phenoxy) is 3. The van der Waals surface area contributed by atoms with Crippen molar-refractivity contribution in [3.8, 4) is 11.5 Å². The number of amides is 2. The minimum absolute atomic E-state index is 0.133. The van der Waals surface area contributed by atoms with Crippen molar-refractivity contribution >= 4 is 29.5 Å². The molecule has 0 saturated carbocycles. The van der Waals surface area contributed by atoms with Crippen LogP contribution in [0.1, 0.15) is 16.5 Å². The molecule has 2 amide bonds. The Morgan fingerprint density at radius 1 is 1.10 bits per heavy atom. The number of carbonyl (C=O) groups is 3. The molecule has 4 rings (SSSR count). The van der Waals surface area contributed by atoms with E-state index in [0.29, 0.717) is 24.7 Å². The molecule has 31 heavy (non-hydrogen) atoms. The monoisotopic (exact) mass is 442 g/mol. The molecule has 2 aromatic carbocycles. The van der Waals surface area contributed by atoms with Gasteiger partial charge in [-0.05, 0) is 23.3 Å². The van der Waals surface area contributed by atoms with Gasteiger partial charge < -0.3 is 24.4 Å². The molecule has 0 bridgehead atoms. The molecule has 0 radical (unpaired) electrons. The summed E-state index contributed by atoms with van der Waals surface area (Å²) in [5.41, 5.74) is 1.72. The van der Waals surface area contributed by atoms with Crippen LogP contribution in [0, 0.1) is 0 Å². The van der Waals surface area contributed by atoms with E-state index < -0.39 is 11.9 Å². The van der Waals surface area contributed by atoms with Crippen molar-refractivity contribution < 1.29 is 28.6 Å². The zero-order chi connectivity index (χ0) is 21.6. The van der Waals surface area contributed by atoms with Crippen LogP contribution in [0.25, 0.3) is 0 Å². The fourth-order valence-electron chi connectivity index (χ4n) is 3.29. The molecule has 9 heteroatoms. The van der Waals surface area contributed by atoms with E-state index >= 15 is 0 Å². The lowest BCUT2D eigenvalue weighted by atomic mass is 10.1. The quantitative estimate of drug-likeness (QED) is 0.655. The molecule has 1 fully saturated rings. The summed E-state index contributed by atoms with van der Waals surface area (Å²) in [6.45, 7) is 0.720. The molecular weight excluding hydrogens is 420 g/mol. The highest BCUT2D eigenvalue weighted by molar-refractivity contribution is 8.00. The Balaban J connectivity index is 1.30. The van der Waals surface area contributed by atoms with E-state index in [1.54, 1.807) is 0 Å². The first-order chi connectivity index (χ1) is 15.1. The van der Waals surface area contributed by atoms with Gasteiger partial charge in [-0.3, -0.25) is 14.4 Å². The molecule has 1 saturated heterocycles. The van der Waals surface area contributed by atoms with Crippen LogP contribution in [-0.2, 0) is 25.7 Å². The van der Waals surface area contributed by atoms with Gasteiger partial charge in [0.2, 0.25) is 11.8 Å². The number of benzene rings is 2. The second kappa shape index (κ2) is 9.74. The number of esters is 1. The third kappa shape index (κ3) is 5.29. The number of thioether (sulfide) groups is 1. The maximum atomic E-state index is 12.4. The third-order valence-corrected chi connectivity index (χ3v) is 6.06. The van der Waals surface area contributed by atoms with E-state index in [4.69, 9.17) is 14.2 Å². The number of hydrogen-bond donors (Lipinski definition) is 1. The van der Waals surface area contributed by atoms with Crippen LogP contribution in [0.2, 0.25) is 0 Å². The van der Waals surface area contributed by atoms with Crippen LogP contribution in [0.15, 0.2) is 48.5 Å². The summed E-state index contributed by atoms with van der Waals surface area (Å²) in [6, 6.07) is 14.8. The smallest absolute Gasteiger partial charge is 0.325 e. The van der Waals surface area contributed by atoms with E-state index in [2.05, 4.69) is 5.32 Å². The number of carbonyl (C=O) groups excluding carboxylic acids is 3. The summed E-state index contributed by atoms with van der Waals surface area (Å²) < 4.78 is 16.3. The standard InChI is InChI=1S/C22H22N2O6S/c25-19(23-11-21(27)30-13-15-4-2-1-3-5-15)12-24-20(26)14-31-22(24)16-6-7-17-18(10-16)29-9-8-28-17/h1-7,10,22H,8-9,11-14H2,(H,23,25). The molecule has 0 spiro atoms. The van der Waals surface area contributed by atoms with Crippen LogP contribution in [-0.4, -0.2) is 54.7 Å². The van der Waals surface area contributed by atoms with Crippen molar-refractivity contribution in [2.45, 2.75) is 12.0 Å². The van der Waals surface area contributed by atoms with Crippen molar-refractivity contribution in [2.75, 3.05) is 32.1 Å². The fraction of sp³-hybridized carbons (Fsp3) is 0.318. The topological polar surface area (TPSA) is 94.2 Å². The van der Waals surface area contributed by atoms with Crippen molar-refractivity contribution in [2.24, 2.45) is 0 Å². The second-order valence-electron chi connectivity index (χ2n) is 7.01. The average Bonchev–Trinajstić information content (AvgIpc) is 3.16. The van der Waals surface area contributed by atoms with Crippen molar-refractivity contribution in [1.29, 1.82) is 0 Å². The fourth-order valence-corrected chi connectivity index (χ4v) is 4.46. The van der Waals surface area contributed by atoms with E-state index in [9.17, 15) is 14.4 Å². The predicted octanol–water partition coefficient (Wildman–Crippen LogP) is 1.89. The van der Waals surface area contributed by atoms with Crippen LogP contribution >= 0.6 is 11.8 Å². The molecule has 0 aromatic heterocycles. The first-order valence-corrected chi connectivity index (χ1v) is 10.9. The molecule has 1 N–H and O–H groups in total. The lowest BCUT2D eigenvalue weighted by Crippen LogP contribution is -2.41. The van der Waals surface area contributed by atoms with Crippen LogP contribution in [0.3, 0.4) is 0 Å². The minimum Gasteiger partial charge on any atom is -0.486 e. The van der Waals surface area contributed by atoms with Gasteiger partial charge in [0.25, 0.3) is 0 Å². The highest BCUT2D eigenvalue weighted by atomic mass is 32.2. The summed E-state index contributed by atoms with van der Waals surface area (Å²) in [6.07, 6.45) is 0. The van der Waals surface area contributed by atoms with Gasteiger partial charge in [-0.25, -0.2) is 0 Å². The van der Waals surface area contributed by atoms with E-state index in [1.165, 1.54) is 16.7 Å². The SMILES string of the molecule is O=C(CN1C(=O)CSC1c1ccc2c(c1)OCCO2)NCC(=O)OCc1ccccc1. The largest absolute Gasteiger partial charge is 0.486 e. The molecule has 0 aliphatic carbocycles. The highest BCUT2D eigenvalue weighted by Gasteiger charge is 2.34. The Morgan fingerprint density at radius 3 is 2.68 bits per heavy atom. The lowest BCUT2D eigenvalue weighted by Gasteiger charge is -2.25. The van der Waals surface area contributed by atoms with Crippen molar-refractivity contribution in [3.05, 3.63) is 59.7 Å². The summed E-state index contributed by atoms with van der Waals surface area (Å²) in [7, 11) is 0. The molecule has 2 aliphatic rings. The molecule has 2 heterocycles. The molecule has 8 nitrogen and oxygen atoms in total. The number of hydrogen-bond acceptors (Lipinski definition) is 7. The van der Waals surface area contributed by atoms with Gasteiger partial charge in [-0.15, -0.1) is 11.8 Å². The van der Waals surface area contributed by atoms with Crippen LogP contribution in [0.4, 0.5) is 0 Å². The van der Waals surface area contributed by atoms with Gasteiger partial charge in [0.1, 0.15) is 38.3 Å². The molecular formula is C22H22N2O6S. The lowest BCUT2D eigenvalue weighted by molar-refractivity contribution is -0.145. The Morgan fingerprint density at radius 2 is 1.87 bits per heavy atom. The summed E-state index contributed by atoms with van der Waals surface area (Å²) in [4.78, 5) is 38.1. The maximum absolute atomic E-state index is 12.4. The first kappa shape index (κ1) is 21.0. The van der Waals surface area contributed by atoms with Gasteiger partial charge in [0.05, 0.1) is 5.75 Å². The number of fused-ring (bicyclic) bond motifs is 1. The number of nitrogens with zero attached hydrogens (tertiary/aromatic N) is 1. The normalized spacial score (nSPS) is 17.4. The average molecular weight is 442 g/mol. The Hall–Kier alpha value is -3.20. The van der Waals surface area contributed by atoms with E-state index in [1.807, 2.05) is 48.5 Å². The first-order valence-electron chi connectivity index (χ1n) is 9.87. The molecule has 2 aliphatic heterocycles. The Bertz CT molecular complexity index is 968. The van der Waals surface area contributed by atoms with Crippen LogP contribution < -0.4 is 14.8 Å².